The molecular formula is C22H24FNO4. The van der Waals surface area contributed by atoms with Crippen LogP contribution in [0.25, 0.3) is 0 Å². The number of aryl methyl sites for hydroxylation is 1. The smallest absolute Gasteiger partial charge is 0.309 e. The molecule has 28 heavy (non-hydrogen) atoms. The monoisotopic (exact) mass is 385 g/mol. The highest BCUT2D eigenvalue weighted by atomic mass is 19.1. The predicted molar refractivity (Wildman–Crippen MR) is 102 cm³/mol. The molecule has 0 aliphatic carbocycles. The van der Waals surface area contributed by atoms with Gasteiger partial charge in [-0.15, -0.1) is 0 Å². The average molecular weight is 385 g/mol. The van der Waals surface area contributed by atoms with Crippen molar-refractivity contribution in [2.45, 2.75) is 25.3 Å². The van der Waals surface area contributed by atoms with Crippen LogP contribution in [0.2, 0.25) is 0 Å². The third-order valence-corrected chi connectivity index (χ3v) is 5.47. The lowest BCUT2D eigenvalue weighted by Gasteiger charge is -2.43. The van der Waals surface area contributed by atoms with Crippen molar-refractivity contribution in [2.75, 3.05) is 26.3 Å². The van der Waals surface area contributed by atoms with Gasteiger partial charge in [-0.3, -0.25) is 9.69 Å². The Morgan fingerprint density at radius 3 is 2.89 bits per heavy atom. The second-order valence-corrected chi connectivity index (χ2v) is 7.51. The van der Waals surface area contributed by atoms with Gasteiger partial charge in [0, 0.05) is 25.2 Å². The zero-order chi connectivity index (χ0) is 19.5. The number of fused-ring (bicyclic) bond motifs is 1. The summed E-state index contributed by atoms with van der Waals surface area (Å²) in [5.41, 5.74) is 2.10. The van der Waals surface area contributed by atoms with Crippen LogP contribution in [-0.2, 0) is 17.6 Å². The van der Waals surface area contributed by atoms with E-state index >= 15 is 0 Å². The number of likely N-dealkylation sites (tertiary alicyclic amines) is 1. The summed E-state index contributed by atoms with van der Waals surface area (Å²) in [7, 11) is 0. The summed E-state index contributed by atoms with van der Waals surface area (Å²) in [5, 5.41) is 9.01. The molecule has 1 fully saturated rings. The van der Waals surface area contributed by atoms with Crippen LogP contribution in [-0.4, -0.2) is 48.3 Å². The van der Waals surface area contributed by atoms with Gasteiger partial charge in [-0.05, 0) is 48.6 Å². The van der Waals surface area contributed by atoms with Crippen LogP contribution in [0.5, 0.6) is 11.5 Å². The average Bonchev–Trinajstić information content (AvgIpc) is 2.64. The highest BCUT2D eigenvalue weighted by molar-refractivity contribution is 5.71. The SMILES string of the molecule is O=C(O)C1CN(C2COc3cc(OCCCc4cccc(F)c4)ccc3C2)C1. The molecule has 2 aromatic carbocycles. The first-order valence-corrected chi connectivity index (χ1v) is 9.68. The third kappa shape index (κ3) is 4.28. The molecule has 2 aliphatic heterocycles. The Kier molecular flexibility index (Phi) is 5.48. The van der Waals surface area contributed by atoms with Crippen molar-refractivity contribution < 1.29 is 23.8 Å². The highest BCUT2D eigenvalue weighted by Gasteiger charge is 2.38. The summed E-state index contributed by atoms with van der Waals surface area (Å²) < 4.78 is 24.9. The molecule has 0 amide bonds. The standard InChI is InChI=1S/C22H24FNO4/c23-18-5-1-3-15(9-18)4-2-8-27-20-7-6-16-10-19(14-28-21(16)11-20)24-12-17(13-24)22(25)26/h1,3,5-7,9,11,17,19H,2,4,8,10,12-14H2,(H,25,26). The first-order chi connectivity index (χ1) is 13.6. The first-order valence-electron chi connectivity index (χ1n) is 9.68. The number of ether oxygens (including phenoxy) is 2. The number of halogens is 1. The molecule has 1 saturated heterocycles. The van der Waals surface area contributed by atoms with Gasteiger partial charge in [0.25, 0.3) is 0 Å². The van der Waals surface area contributed by atoms with Crippen molar-refractivity contribution in [3.05, 3.63) is 59.4 Å². The number of benzene rings is 2. The quantitative estimate of drug-likeness (QED) is 0.742. The van der Waals surface area contributed by atoms with E-state index in [9.17, 15) is 9.18 Å². The molecule has 0 saturated carbocycles. The minimum Gasteiger partial charge on any atom is -0.493 e. The maximum atomic E-state index is 13.2. The molecule has 2 aliphatic rings. The number of carboxylic acids is 1. The lowest BCUT2D eigenvalue weighted by atomic mass is 9.93. The fourth-order valence-electron chi connectivity index (χ4n) is 3.79. The van der Waals surface area contributed by atoms with Crippen molar-refractivity contribution in [2.24, 2.45) is 5.92 Å². The lowest BCUT2D eigenvalue weighted by molar-refractivity contribution is -0.149. The third-order valence-electron chi connectivity index (χ3n) is 5.47. The van der Waals surface area contributed by atoms with Gasteiger partial charge in [0.1, 0.15) is 23.9 Å². The number of carboxylic acid groups (broad SMARTS) is 1. The molecule has 148 valence electrons. The van der Waals surface area contributed by atoms with Crippen LogP contribution in [0.3, 0.4) is 0 Å². The van der Waals surface area contributed by atoms with Gasteiger partial charge in [-0.2, -0.15) is 0 Å². The minimum atomic E-state index is -0.715. The molecule has 0 aromatic heterocycles. The number of hydrogen-bond acceptors (Lipinski definition) is 4. The summed E-state index contributed by atoms with van der Waals surface area (Å²) in [5.74, 6) is 0.443. The van der Waals surface area contributed by atoms with Crippen LogP contribution >= 0.6 is 0 Å². The fourth-order valence-corrected chi connectivity index (χ4v) is 3.79. The maximum Gasteiger partial charge on any atom is 0.309 e. The molecule has 4 rings (SSSR count). The number of rotatable bonds is 7. The second kappa shape index (κ2) is 8.19. The Morgan fingerprint density at radius 1 is 1.25 bits per heavy atom. The summed E-state index contributed by atoms with van der Waals surface area (Å²) >= 11 is 0. The van der Waals surface area contributed by atoms with Gasteiger partial charge in [-0.1, -0.05) is 18.2 Å². The Bertz CT molecular complexity index is 850. The zero-order valence-corrected chi connectivity index (χ0v) is 15.6. The molecule has 0 radical (unpaired) electrons. The van der Waals surface area contributed by atoms with E-state index in [0.29, 0.717) is 26.3 Å². The molecule has 1 unspecified atom stereocenters. The van der Waals surface area contributed by atoms with Gasteiger partial charge in [-0.25, -0.2) is 4.39 Å². The Morgan fingerprint density at radius 2 is 2.11 bits per heavy atom. The van der Waals surface area contributed by atoms with Crippen molar-refractivity contribution in [3.8, 4) is 11.5 Å². The molecule has 0 spiro atoms. The van der Waals surface area contributed by atoms with Crippen molar-refractivity contribution >= 4 is 5.97 Å². The Balaban J connectivity index is 1.25. The number of hydrogen-bond donors (Lipinski definition) is 1. The largest absolute Gasteiger partial charge is 0.493 e. The van der Waals surface area contributed by atoms with E-state index in [4.69, 9.17) is 14.6 Å². The topological polar surface area (TPSA) is 59.0 Å². The summed E-state index contributed by atoms with van der Waals surface area (Å²) in [6.07, 6.45) is 2.44. The van der Waals surface area contributed by atoms with Crippen molar-refractivity contribution in [1.29, 1.82) is 0 Å². The van der Waals surface area contributed by atoms with Gasteiger partial charge in [0.2, 0.25) is 0 Å². The molecule has 0 bridgehead atoms. The normalized spacial score (nSPS) is 19.4. The van der Waals surface area contributed by atoms with E-state index in [0.717, 1.165) is 41.9 Å². The van der Waals surface area contributed by atoms with Crippen LogP contribution in [0.4, 0.5) is 4.39 Å². The number of aliphatic carboxylic acids is 1. The molecule has 6 heteroatoms. The molecule has 1 atom stereocenters. The van der Waals surface area contributed by atoms with E-state index in [1.165, 1.54) is 6.07 Å². The Hall–Kier alpha value is -2.60. The summed E-state index contributed by atoms with van der Waals surface area (Å²) in [6, 6.07) is 12.8. The second-order valence-electron chi connectivity index (χ2n) is 7.51. The summed E-state index contributed by atoms with van der Waals surface area (Å²) in [6.45, 7) is 2.33. The highest BCUT2D eigenvalue weighted by Crippen LogP contribution is 2.32. The van der Waals surface area contributed by atoms with Gasteiger partial charge < -0.3 is 14.6 Å². The zero-order valence-electron chi connectivity index (χ0n) is 15.6. The molecular weight excluding hydrogens is 361 g/mol. The van der Waals surface area contributed by atoms with Crippen LogP contribution in [0.1, 0.15) is 17.5 Å². The van der Waals surface area contributed by atoms with Crippen LogP contribution < -0.4 is 9.47 Å². The van der Waals surface area contributed by atoms with E-state index in [1.807, 2.05) is 24.3 Å². The lowest BCUT2D eigenvalue weighted by Crippen LogP contribution is -2.57. The van der Waals surface area contributed by atoms with Gasteiger partial charge >= 0.3 is 5.97 Å². The molecule has 5 nitrogen and oxygen atoms in total. The molecule has 2 heterocycles. The van der Waals surface area contributed by atoms with Crippen LogP contribution in [0, 0.1) is 11.7 Å². The van der Waals surface area contributed by atoms with E-state index in [1.54, 1.807) is 12.1 Å². The van der Waals surface area contributed by atoms with E-state index in [-0.39, 0.29) is 17.8 Å². The fraction of sp³-hybridized carbons (Fsp3) is 0.409. The van der Waals surface area contributed by atoms with Gasteiger partial charge in [0.05, 0.1) is 12.5 Å². The summed E-state index contributed by atoms with van der Waals surface area (Å²) in [4.78, 5) is 13.1. The molecule has 1 N–H and O–H groups in total. The Labute approximate surface area is 163 Å². The number of carbonyl (C=O) groups is 1. The van der Waals surface area contributed by atoms with Crippen molar-refractivity contribution in [3.63, 3.8) is 0 Å². The van der Waals surface area contributed by atoms with E-state index < -0.39 is 5.97 Å². The van der Waals surface area contributed by atoms with E-state index in [2.05, 4.69) is 4.90 Å². The van der Waals surface area contributed by atoms with Crippen molar-refractivity contribution in [1.82, 2.24) is 4.90 Å². The molecule has 2 aromatic rings. The van der Waals surface area contributed by atoms with Crippen LogP contribution in [0.15, 0.2) is 42.5 Å². The first kappa shape index (κ1) is 18.7. The minimum absolute atomic E-state index is 0.208. The predicted octanol–water partition coefficient (Wildman–Crippen LogP) is 3.16. The van der Waals surface area contributed by atoms with Gasteiger partial charge in [0.15, 0.2) is 0 Å². The number of nitrogens with zero attached hydrogens (tertiary/aromatic N) is 1. The maximum absolute atomic E-state index is 13.2.